The Bertz CT molecular complexity index is 681. The Balaban J connectivity index is 2.44. The predicted octanol–water partition coefficient (Wildman–Crippen LogP) is 2.51. The Morgan fingerprint density at radius 3 is 2.50 bits per heavy atom. The van der Waals surface area contributed by atoms with Gasteiger partial charge < -0.3 is 5.11 Å². The maximum atomic E-state index is 12.2. The summed E-state index contributed by atoms with van der Waals surface area (Å²) in [6.07, 6.45) is 2.33. The number of aliphatic carboxylic acids is 1. The highest BCUT2D eigenvalue weighted by atomic mass is 32.2. The molecule has 122 valence electrons. The lowest BCUT2D eigenvalue weighted by Crippen LogP contribution is -2.48. The molecule has 1 N–H and O–H groups in total. The van der Waals surface area contributed by atoms with Crippen molar-refractivity contribution in [3.05, 3.63) is 29.8 Å². The van der Waals surface area contributed by atoms with Crippen molar-refractivity contribution in [2.24, 2.45) is 11.3 Å². The zero-order valence-electron chi connectivity index (χ0n) is 13.4. The van der Waals surface area contributed by atoms with Crippen LogP contribution in [0.5, 0.6) is 0 Å². The second-order valence-corrected chi connectivity index (χ2v) is 8.64. The summed E-state index contributed by atoms with van der Waals surface area (Å²) >= 11 is 0. The van der Waals surface area contributed by atoms with Gasteiger partial charge in [-0.25, -0.2) is 8.42 Å². The first-order valence-electron chi connectivity index (χ1n) is 7.35. The van der Waals surface area contributed by atoms with Crippen LogP contribution in [-0.2, 0) is 21.2 Å². The fourth-order valence-corrected chi connectivity index (χ4v) is 4.54. The minimum atomic E-state index is -3.41. The van der Waals surface area contributed by atoms with Crippen molar-refractivity contribution in [1.29, 1.82) is 0 Å². The molecule has 0 aromatic heterocycles. The molecule has 0 amide bonds. The third-order valence-corrected chi connectivity index (χ3v) is 5.72. The highest BCUT2D eigenvalue weighted by Crippen LogP contribution is 2.40. The normalized spacial score (nSPS) is 22.3. The van der Waals surface area contributed by atoms with Crippen LogP contribution in [-0.4, -0.2) is 31.8 Å². The molecule has 0 saturated heterocycles. The number of rotatable bonds is 4. The molecular weight excluding hydrogens is 302 g/mol. The molecule has 1 aliphatic heterocycles. The quantitative estimate of drug-likeness (QED) is 0.923. The van der Waals surface area contributed by atoms with E-state index in [1.165, 1.54) is 10.6 Å². The van der Waals surface area contributed by atoms with Crippen LogP contribution in [0.1, 0.15) is 32.8 Å². The van der Waals surface area contributed by atoms with Gasteiger partial charge in [0.1, 0.15) is 0 Å². The van der Waals surface area contributed by atoms with Gasteiger partial charge >= 0.3 is 5.97 Å². The summed E-state index contributed by atoms with van der Waals surface area (Å²) < 4.78 is 25.9. The summed E-state index contributed by atoms with van der Waals surface area (Å²) in [4.78, 5) is 11.4. The molecule has 1 aromatic carbocycles. The molecule has 0 unspecified atom stereocenters. The second-order valence-electron chi connectivity index (χ2n) is 6.79. The minimum Gasteiger partial charge on any atom is -0.481 e. The summed E-state index contributed by atoms with van der Waals surface area (Å²) in [6, 6.07) is 7.18. The van der Waals surface area contributed by atoms with E-state index in [0.717, 1.165) is 5.56 Å². The molecule has 2 rings (SSSR count). The van der Waals surface area contributed by atoms with E-state index < -0.39 is 21.4 Å². The van der Waals surface area contributed by atoms with Crippen LogP contribution in [0.3, 0.4) is 0 Å². The van der Waals surface area contributed by atoms with Gasteiger partial charge in [0.05, 0.1) is 17.4 Å². The summed E-state index contributed by atoms with van der Waals surface area (Å²) in [5, 5.41) is 9.35. The van der Waals surface area contributed by atoms with Crippen LogP contribution in [0, 0.1) is 11.3 Å². The van der Waals surface area contributed by atoms with Gasteiger partial charge in [-0.15, -0.1) is 0 Å². The summed E-state index contributed by atoms with van der Waals surface area (Å²) in [6.45, 7) is 5.24. The van der Waals surface area contributed by atoms with E-state index >= 15 is 0 Å². The first kappa shape index (κ1) is 16.8. The number of carbonyl (C=O) groups is 1. The Labute approximate surface area is 132 Å². The average Bonchev–Trinajstić information content (AvgIpc) is 2.37. The zero-order chi connectivity index (χ0) is 16.7. The molecule has 5 nitrogen and oxygen atoms in total. The Morgan fingerprint density at radius 1 is 1.36 bits per heavy atom. The van der Waals surface area contributed by atoms with Crippen LogP contribution in [0.15, 0.2) is 24.3 Å². The number of para-hydroxylation sites is 1. The number of hydrogen-bond donors (Lipinski definition) is 1. The van der Waals surface area contributed by atoms with Crippen LogP contribution in [0.2, 0.25) is 0 Å². The summed E-state index contributed by atoms with van der Waals surface area (Å²) in [7, 11) is -3.41. The Kier molecular flexibility index (Phi) is 4.26. The van der Waals surface area contributed by atoms with Crippen molar-refractivity contribution in [2.45, 2.75) is 39.7 Å². The molecule has 0 fully saturated rings. The Morgan fingerprint density at radius 2 is 1.95 bits per heavy atom. The third kappa shape index (κ3) is 3.11. The van der Waals surface area contributed by atoms with Crippen LogP contribution in [0.25, 0.3) is 0 Å². The molecule has 6 heteroatoms. The number of hydrogen-bond acceptors (Lipinski definition) is 3. The standard InChI is InChI=1S/C16H23NO4S/c1-11-13(10-16(2,3)15(18)19)9-12-7-5-6-8-14(12)17(11)22(4,20)21/h5-8,11,13H,9-10H2,1-4H3,(H,18,19)/t11-,13+/m1/s1. The van der Waals surface area contributed by atoms with Gasteiger partial charge in [-0.3, -0.25) is 9.10 Å². The molecule has 0 bridgehead atoms. The second kappa shape index (κ2) is 5.57. The van der Waals surface area contributed by atoms with Crippen molar-refractivity contribution in [3.8, 4) is 0 Å². The van der Waals surface area contributed by atoms with E-state index in [4.69, 9.17) is 0 Å². The minimum absolute atomic E-state index is 0.0317. The van der Waals surface area contributed by atoms with Crippen molar-refractivity contribution >= 4 is 21.7 Å². The largest absolute Gasteiger partial charge is 0.481 e. The molecule has 0 aliphatic carbocycles. The van der Waals surface area contributed by atoms with Gasteiger partial charge in [0.15, 0.2) is 0 Å². The number of carboxylic acids is 1. The molecule has 1 aliphatic rings. The lowest BCUT2D eigenvalue weighted by atomic mass is 9.76. The predicted molar refractivity (Wildman–Crippen MR) is 86.5 cm³/mol. The van der Waals surface area contributed by atoms with E-state index in [1.807, 2.05) is 31.2 Å². The van der Waals surface area contributed by atoms with Gasteiger partial charge in [0, 0.05) is 6.04 Å². The van der Waals surface area contributed by atoms with Gasteiger partial charge in [-0.1, -0.05) is 18.2 Å². The summed E-state index contributed by atoms with van der Waals surface area (Å²) in [5.41, 5.74) is 0.785. The monoisotopic (exact) mass is 325 g/mol. The number of carboxylic acid groups (broad SMARTS) is 1. The number of nitrogens with zero attached hydrogens (tertiary/aromatic N) is 1. The highest BCUT2D eigenvalue weighted by Gasteiger charge is 2.40. The molecule has 0 saturated carbocycles. The van der Waals surface area contributed by atoms with Crippen LogP contribution in [0.4, 0.5) is 5.69 Å². The van der Waals surface area contributed by atoms with Gasteiger partial charge in [-0.2, -0.15) is 0 Å². The van der Waals surface area contributed by atoms with E-state index in [1.54, 1.807) is 13.8 Å². The Hall–Kier alpha value is -1.56. The molecule has 22 heavy (non-hydrogen) atoms. The average molecular weight is 325 g/mol. The van der Waals surface area contributed by atoms with E-state index in [-0.39, 0.29) is 12.0 Å². The lowest BCUT2D eigenvalue weighted by molar-refractivity contribution is -0.148. The molecule has 1 heterocycles. The topological polar surface area (TPSA) is 74.7 Å². The fraction of sp³-hybridized carbons (Fsp3) is 0.562. The van der Waals surface area contributed by atoms with Crippen LogP contribution < -0.4 is 4.31 Å². The zero-order valence-corrected chi connectivity index (χ0v) is 14.2. The van der Waals surface area contributed by atoms with Crippen molar-refractivity contribution < 1.29 is 18.3 Å². The first-order valence-corrected chi connectivity index (χ1v) is 9.19. The number of fused-ring (bicyclic) bond motifs is 1. The molecule has 0 spiro atoms. The molecule has 1 aromatic rings. The third-order valence-electron chi connectivity index (χ3n) is 4.47. The van der Waals surface area contributed by atoms with E-state index in [9.17, 15) is 18.3 Å². The summed E-state index contributed by atoms with van der Waals surface area (Å²) in [5.74, 6) is -0.889. The maximum absolute atomic E-state index is 12.2. The van der Waals surface area contributed by atoms with E-state index in [2.05, 4.69) is 0 Å². The first-order chi connectivity index (χ1) is 10.0. The van der Waals surface area contributed by atoms with Gasteiger partial charge in [0.25, 0.3) is 0 Å². The molecule has 2 atom stereocenters. The molecule has 0 radical (unpaired) electrons. The van der Waals surface area contributed by atoms with Crippen molar-refractivity contribution in [3.63, 3.8) is 0 Å². The van der Waals surface area contributed by atoms with Gasteiger partial charge in [-0.05, 0) is 51.2 Å². The molecular formula is C16H23NO4S. The van der Waals surface area contributed by atoms with Gasteiger partial charge in [0.2, 0.25) is 10.0 Å². The smallest absolute Gasteiger partial charge is 0.309 e. The number of sulfonamides is 1. The fourth-order valence-electron chi connectivity index (χ4n) is 3.23. The van der Waals surface area contributed by atoms with Crippen LogP contribution >= 0.6 is 0 Å². The highest BCUT2D eigenvalue weighted by molar-refractivity contribution is 7.92. The van der Waals surface area contributed by atoms with E-state index in [0.29, 0.717) is 18.5 Å². The van der Waals surface area contributed by atoms with Crippen molar-refractivity contribution in [1.82, 2.24) is 0 Å². The number of anilines is 1. The number of benzene rings is 1. The van der Waals surface area contributed by atoms with Crippen molar-refractivity contribution in [2.75, 3.05) is 10.6 Å². The SMILES string of the molecule is C[C@@H]1[C@H](CC(C)(C)C(=O)O)Cc2ccccc2N1S(C)(=O)=O. The lowest BCUT2D eigenvalue weighted by Gasteiger charge is -2.42. The maximum Gasteiger partial charge on any atom is 0.309 e.